The van der Waals surface area contributed by atoms with Gasteiger partial charge in [0.25, 0.3) is 5.91 Å². The molecule has 0 bridgehead atoms. The van der Waals surface area contributed by atoms with Crippen molar-refractivity contribution in [1.82, 2.24) is 5.32 Å². The van der Waals surface area contributed by atoms with Crippen LogP contribution in [0.5, 0.6) is 0 Å². The van der Waals surface area contributed by atoms with Gasteiger partial charge < -0.3 is 19.5 Å². The summed E-state index contributed by atoms with van der Waals surface area (Å²) in [6, 6.07) is 0. The lowest BCUT2D eigenvalue weighted by Crippen LogP contribution is -2.51. The second kappa shape index (κ2) is 4.47. The van der Waals surface area contributed by atoms with Crippen molar-refractivity contribution >= 4 is 5.91 Å². The Labute approximate surface area is 89.1 Å². The van der Waals surface area contributed by atoms with Crippen LogP contribution in [0, 0.1) is 5.41 Å². The molecule has 1 amide bonds. The molecule has 0 saturated carbocycles. The van der Waals surface area contributed by atoms with Gasteiger partial charge in [0.15, 0.2) is 6.10 Å². The lowest BCUT2D eigenvalue weighted by molar-refractivity contribution is -0.150. The van der Waals surface area contributed by atoms with E-state index < -0.39 is 6.10 Å². The summed E-state index contributed by atoms with van der Waals surface area (Å²) >= 11 is 0. The Morgan fingerprint density at radius 2 is 2.20 bits per heavy atom. The van der Waals surface area contributed by atoms with Gasteiger partial charge in [0.2, 0.25) is 0 Å². The zero-order chi connectivity index (χ0) is 10.7. The van der Waals surface area contributed by atoms with Crippen molar-refractivity contribution in [3.8, 4) is 0 Å². The Kier molecular flexibility index (Phi) is 3.23. The molecule has 2 saturated heterocycles. The number of ether oxygens (including phenoxy) is 3. The van der Waals surface area contributed by atoms with Crippen molar-refractivity contribution in [2.24, 2.45) is 5.41 Å². The average molecular weight is 215 g/mol. The predicted octanol–water partition coefficient (Wildman–Crippen LogP) is -0.445. The summed E-state index contributed by atoms with van der Waals surface area (Å²) in [5.74, 6) is -0.0807. The van der Waals surface area contributed by atoms with Crippen LogP contribution >= 0.6 is 0 Å². The molecule has 0 aromatic rings. The monoisotopic (exact) mass is 215 g/mol. The van der Waals surface area contributed by atoms with Crippen molar-refractivity contribution in [2.45, 2.75) is 13.0 Å². The molecule has 2 rings (SSSR count). The van der Waals surface area contributed by atoms with E-state index in [-0.39, 0.29) is 11.3 Å². The summed E-state index contributed by atoms with van der Waals surface area (Å²) in [4.78, 5) is 11.6. The predicted molar refractivity (Wildman–Crippen MR) is 52.5 cm³/mol. The molecule has 2 aliphatic rings. The summed E-state index contributed by atoms with van der Waals surface area (Å²) in [6.07, 6.45) is -0.441. The minimum Gasteiger partial charge on any atom is -0.380 e. The van der Waals surface area contributed by atoms with E-state index in [1.165, 1.54) is 0 Å². The highest BCUT2D eigenvalue weighted by atomic mass is 16.6. The van der Waals surface area contributed by atoms with Crippen LogP contribution in [0.25, 0.3) is 0 Å². The topological polar surface area (TPSA) is 56.8 Å². The number of carbonyl (C=O) groups excluding carboxylic acids is 1. The Bertz CT molecular complexity index is 234. The summed E-state index contributed by atoms with van der Waals surface area (Å²) in [6.45, 7) is 5.61. The third kappa shape index (κ3) is 2.68. The molecule has 0 aromatic carbocycles. The van der Waals surface area contributed by atoms with Crippen molar-refractivity contribution in [3.63, 3.8) is 0 Å². The Hall–Kier alpha value is -0.650. The lowest BCUT2D eigenvalue weighted by Gasteiger charge is -2.38. The molecular weight excluding hydrogens is 198 g/mol. The summed E-state index contributed by atoms with van der Waals surface area (Å²) < 4.78 is 15.6. The minimum absolute atomic E-state index is 0.0807. The van der Waals surface area contributed by atoms with Crippen LogP contribution in [0.4, 0.5) is 0 Å². The third-order valence-corrected chi connectivity index (χ3v) is 2.70. The van der Waals surface area contributed by atoms with E-state index in [0.29, 0.717) is 26.4 Å². The fourth-order valence-electron chi connectivity index (χ4n) is 1.61. The molecule has 0 aromatic heterocycles. The number of amides is 1. The van der Waals surface area contributed by atoms with E-state index in [0.717, 1.165) is 13.2 Å². The Morgan fingerprint density at radius 3 is 2.73 bits per heavy atom. The summed E-state index contributed by atoms with van der Waals surface area (Å²) in [7, 11) is 0. The number of hydrogen-bond donors (Lipinski definition) is 1. The van der Waals surface area contributed by atoms with Gasteiger partial charge in [-0.2, -0.15) is 0 Å². The maximum Gasteiger partial charge on any atom is 0.251 e. The zero-order valence-corrected chi connectivity index (χ0v) is 8.95. The van der Waals surface area contributed by atoms with Crippen molar-refractivity contribution < 1.29 is 19.0 Å². The molecule has 1 N–H and O–H groups in total. The number of nitrogens with one attached hydrogen (secondary N) is 1. The minimum atomic E-state index is -0.441. The van der Waals surface area contributed by atoms with Crippen molar-refractivity contribution in [3.05, 3.63) is 0 Å². The molecule has 0 spiro atoms. The summed E-state index contributed by atoms with van der Waals surface area (Å²) in [5, 5.41) is 2.87. The summed E-state index contributed by atoms with van der Waals surface area (Å²) in [5.41, 5.74) is 0.102. The van der Waals surface area contributed by atoms with Gasteiger partial charge in [-0.3, -0.25) is 4.79 Å². The van der Waals surface area contributed by atoms with Gasteiger partial charge in [0.05, 0.1) is 33.0 Å². The maximum atomic E-state index is 11.6. The maximum absolute atomic E-state index is 11.6. The molecule has 5 heteroatoms. The molecule has 2 fully saturated rings. The molecular formula is C10H17NO4. The van der Waals surface area contributed by atoms with Crippen LogP contribution in [0.3, 0.4) is 0 Å². The Morgan fingerprint density at radius 1 is 1.40 bits per heavy atom. The number of rotatable bonds is 3. The number of carbonyl (C=O) groups is 1. The van der Waals surface area contributed by atoms with Crippen molar-refractivity contribution in [1.29, 1.82) is 0 Å². The van der Waals surface area contributed by atoms with E-state index in [9.17, 15) is 4.79 Å². The van der Waals surface area contributed by atoms with Crippen LogP contribution in [0.2, 0.25) is 0 Å². The van der Waals surface area contributed by atoms with Crippen LogP contribution in [0.1, 0.15) is 6.92 Å². The van der Waals surface area contributed by atoms with E-state index >= 15 is 0 Å². The SMILES string of the molecule is CC1(CNC(=O)C2COCCO2)COC1. The molecule has 15 heavy (non-hydrogen) atoms. The molecule has 0 aliphatic carbocycles. The molecule has 86 valence electrons. The smallest absolute Gasteiger partial charge is 0.251 e. The fraction of sp³-hybridized carbons (Fsp3) is 0.900. The zero-order valence-electron chi connectivity index (χ0n) is 8.95. The fourth-order valence-corrected chi connectivity index (χ4v) is 1.61. The van der Waals surface area contributed by atoms with Gasteiger partial charge in [-0.05, 0) is 0 Å². The molecule has 0 radical (unpaired) electrons. The quantitative estimate of drug-likeness (QED) is 0.693. The number of hydrogen-bond acceptors (Lipinski definition) is 4. The second-order valence-electron chi connectivity index (χ2n) is 4.46. The van der Waals surface area contributed by atoms with Gasteiger partial charge in [-0.15, -0.1) is 0 Å². The molecule has 5 nitrogen and oxygen atoms in total. The lowest BCUT2D eigenvalue weighted by atomic mass is 9.89. The van der Waals surface area contributed by atoms with E-state index in [1.807, 2.05) is 0 Å². The first-order chi connectivity index (χ1) is 7.20. The van der Waals surface area contributed by atoms with E-state index in [2.05, 4.69) is 12.2 Å². The average Bonchev–Trinajstić information content (AvgIpc) is 2.24. The van der Waals surface area contributed by atoms with E-state index in [4.69, 9.17) is 14.2 Å². The highest BCUT2D eigenvalue weighted by Gasteiger charge is 2.34. The van der Waals surface area contributed by atoms with Crippen molar-refractivity contribution in [2.75, 3.05) is 39.6 Å². The van der Waals surface area contributed by atoms with Gasteiger partial charge in [-0.1, -0.05) is 6.92 Å². The second-order valence-corrected chi connectivity index (χ2v) is 4.46. The molecule has 2 heterocycles. The molecule has 1 unspecified atom stereocenters. The van der Waals surface area contributed by atoms with Gasteiger partial charge in [-0.25, -0.2) is 0 Å². The first-order valence-electron chi connectivity index (χ1n) is 5.24. The van der Waals surface area contributed by atoms with Crippen LogP contribution in [-0.4, -0.2) is 51.6 Å². The third-order valence-electron chi connectivity index (χ3n) is 2.70. The highest BCUT2D eigenvalue weighted by Crippen LogP contribution is 2.25. The normalized spacial score (nSPS) is 29.3. The molecule has 2 aliphatic heterocycles. The largest absolute Gasteiger partial charge is 0.380 e. The van der Waals surface area contributed by atoms with Crippen LogP contribution in [0.15, 0.2) is 0 Å². The molecule has 1 atom stereocenters. The Balaban J connectivity index is 1.71. The van der Waals surface area contributed by atoms with Crippen LogP contribution in [-0.2, 0) is 19.0 Å². The standard InChI is InChI=1S/C10H17NO4/c1-10(6-14-7-10)5-11-9(12)8-4-13-2-3-15-8/h8H,2-7H2,1H3,(H,11,12). The van der Waals surface area contributed by atoms with Gasteiger partial charge in [0.1, 0.15) is 0 Å². The van der Waals surface area contributed by atoms with Crippen LogP contribution < -0.4 is 5.32 Å². The van der Waals surface area contributed by atoms with E-state index in [1.54, 1.807) is 0 Å². The highest BCUT2D eigenvalue weighted by molar-refractivity contribution is 5.81. The van der Waals surface area contributed by atoms with Gasteiger partial charge in [0, 0.05) is 12.0 Å². The van der Waals surface area contributed by atoms with Gasteiger partial charge >= 0.3 is 0 Å². The first kappa shape index (κ1) is 10.9. The first-order valence-corrected chi connectivity index (χ1v) is 5.24.